The molecule has 1 aliphatic rings. The monoisotopic (exact) mass is 493 g/mol. The largest absolute Gasteiger partial charge is 0.379 e. The van der Waals surface area contributed by atoms with Crippen LogP contribution in [0.15, 0.2) is 52.5 Å². The number of hydrogen-bond acceptors (Lipinski definition) is 6. The molecule has 0 amide bonds. The molecule has 1 fully saturated rings. The Labute approximate surface area is 196 Å². The Morgan fingerprint density at radius 2 is 1.88 bits per heavy atom. The van der Waals surface area contributed by atoms with E-state index in [1.165, 1.54) is 16.1 Å². The van der Waals surface area contributed by atoms with Gasteiger partial charge in [-0.1, -0.05) is 23.4 Å². The number of fused-ring (bicyclic) bond motifs is 1. The van der Waals surface area contributed by atoms with Gasteiger partial charge in [-0.25, -0.2) is 13.4 Å². The van der Waals surface area contributed by atoms with Gasteiger partial charge in [0.2, 0.25) is 10.0 Å². The molecular formula is C22H24ClN3O4S2. The maximum Gasteiger partial charge on any atom is 0.243 e. The van der Waals surface area contributed by atoms with Crippen LogP contribution < -0.4 is 0 Å². The van der Waals surface area contributed by atoms with E-state index in [1.54, 1.807) is 42.5 Å². The van der Waals surface area contributed by atoms with E-state index in [0.717, 1.165) is 5.52 Å². The van der Waals surface area contributed by atoms with E-state index < -0.39 is 10.0 Å². The molecule has 0 N–H and O–H groups in total. The third kappa shape index (κ3) is 4.58. The molecular weight excluding hydrogens is 470 g/mol. The third-order valence-electron chi connectivity index (χ3n) is 5.39. The summed E-state index contributed by atoms with van der Waals surface area (Å²) in [6, 6.07) is 11.9. The summed E-state index contributed by atoms with van der Waals surface area (Å²) in [5, 5.41) is 0.894. The number of imidazole rings is 1. The second kappa shape index (κ2) is 9.52. The van der Waals surface area contributed by atoms with Gasteiger partial charge in [0.15, 0.2) is 10.9 Å². The third-order valence-corrected chi connectivity index (χ3v) is 8.63. The summed E-state index contributed by atoms with van der Waals surface area (Å²) in [6.45, 7) is 5.96. The maximum atomic E-state index is 13.0. The maximum absolute atomic E-state index is 13.0. The molecule has 3 aromatic rings. The van der Waals surface area contributed by atoms with E-state index >= 15 is 0 Å². The Morgan fingerprint density at radius 3 is 2.53 bits per heavy atom. The SMILES string of the molecule is CCn1c(SC(C)C(=O)c2ccc(Cl)cc2)nc2cc(S(=O)(=O)N3CCOCC3)ccc21. The van der Waals surface area contributed by atoms with E-state index in [4.69, 9.17) is 16.3 Å². The number of thioether (sulfide) groups is 1. The molecule has 0 spiro atoms. The van der Waals surface area contributed by atoms with Crippen molar-refractivity contribution in [2.24, 2.45) is 0 Å². The van der Waals surface area contributed by atoms with Crippen LogP contribution in [0.2, 0.25) is 5.02 Å². The Balaban J connectivity index is 1.62. The lowest BCUT2D eigenvalue weighted by molar-refractivity contribution is 0.0730. The van der Waals surface area contributed by atoms with Crippen molar-refractivity contribution >= 4 is 50.2 Å². The van der Waals surface area contributed by atoms with Gasteiger partial charge >= 0.3 is 0 Å². The van der Waals surface area contributed by atoms with Crippen molar-refractivity contribution in [1.29, 1.82) is 0 Å². The van der Waals surface area contributed by atoms with E-state index in [9.17, 15) is 13.2 Å². The van der Waals surface area contributed by atoms with E-state index in [1.807, 2.05) is 18.4 Å². The van der Waals surface area contributed by atoms with Crippen LogP contribution in [0.4, 0.5) is 0 Å². The predicted molar refractivity (Wildman–Crippen MR) is 126 cm³/mol. The Hall–Kier alpha value is -1.91. The summed E-state index contributed by atoms with van der Waals surface area (Å²) in [7, 11) is -3.61. The number of Topliss-reactive ketones (excluding diaryl/α,β-unsaturated/α-hetero) is 1. The van der Waals surface area contributed by atoms with Crippen molar-refractivity contribution < 1.29 is 17.9 Å². The van der Waals surface area contributed by atoms with Crippen LogP contribution >= 0.6 is 23.4 Å². The minimum Gasteiger partial charge on any atom is -0.379 e. The molecule has 7 nitrogen and oxygen atoms in total. The topological polar surface area (TPSA) is 81.5 Å². The van der Waals surface area contributed by atoms with E-state index in [0.29, 0.717) is 54.1 Å². The molecule has 32 heavy (non-hydrogen) atoms. The number of aromatic nitrogens is 2. The van der Waals surface area contributed by atoms with Crippen molar-refractivity contribution in [3.63, 3.8) is 0 Å². The summed E-state index contributed by atoms with van der Waals surface area (Å²) in [6.07, 6.45) is 0. The number of sulfonamides is 1. The summed E-state index contributed by atoms with van der Waals surface area (Å²) < 4.78 is 34.7. The lowest BCUT2D eigenvalue weighted by Gasteiger charge is -2.26. The minimum absolute atomic E-state index is 0.0167. The molecule has 2 heterocycles. The highest BCUT2D eigenvalue weighted by atomic mass is 35.5. The van der Waals surface area contributed by atoms with Gasteiger partial charge in [0.1, 0.15) is 0 Å². The van der Waals surface area contributed by atoms with Crippen LogP contribution in [0.25, 0.3) is 11.0 Å². The van der Waals surface area contributed by atoms with E-state index in [2.05, 4.69) is 4.98 Å². The predicted octanol–water partition coefficient (Wildman–Crippen LogP) is 4.09. The number of hydrogen-bond donors (Lipinski definition) is 0. The zero-order valence-electron chi connectivity index (χ0n) is 17.8. The number of carbonyl (C=O) groups excluding carboxylic acids is 1. The lowest BCUT2D eigenvalue weighted by atomic mass is 10.1. The van der Waals surface area contributed by atoms with Gasteiger partial charge in [-0.05, 0) is 56.3 Å². The first-order chi connectivity index (χ1) is 15.3. The van der Waals surface area contributed by atoms with E-state index in [-0.39, 0.29) is 15.9 Å². The number of benzene rings is 2. The van der Waals surface area contributed by atoms with Crippen LogP contribution in [-0.2, 0) is 21.3 Å². The highest BCUT2D eigenvalue weighted by Gasteiger charge is 2.27. The summed E-state index contributed by atoms with van der Waals surface area (Å²) in [5.41, 5.74) is 2.02. The van der Waals surface area contributed by atoms with Gasteiger partial charge < -0.3 is 9.30 Å². The van der Waals surface area contributed by atoms with Crippen LogP contribution in [0.1, 0.15) is 24.2 Å². The number of carbonyl (C=O) groups is 1. The number of rotatable bonds is 7. The summed E-state index contributed by atoms with van der Waals surface area (Å²) in [4.78, 5) is 17.7. The standard InChI is InChI=1S/C22H24ClN3O4S2/c1-3-26-20-9-8-18(32(28,29)25-10-12-30-13-11-25)14-19(20)24-22(26)31-15(2)21(27)16-4-6-17(23)7-5-16/h4-9,14-15H,3,10-13H2,1-2H3. The average molecular weight is 494 g/mol. The van der Waals surface area contributed by atoms with Crippen molar-refractivity contribution in [1.82, 2.24) is 13.9 Å². The molecule has 1 aliphatic heterocycles. The second-order valence-corrected chi connectivity index (χ2v) is 11.1. The Morgan fingerprint density at radius 1 is 1.19 bits per heavy atom. The second-order valence-electron chi connectivity index (χ2n) is 7.44. The molecule has 0 radical (unpaired) electrons. The Bertz CT molecular complexity index is 1240. The minimum atomic E-state index is -3.61. The molecule has 1 saturated heterocycles. The zero-order chi connectivity index (χ0) is 22.9. The van der Waals surface area contributed by atoms with Crippen LogP contribution in [0.5, 0.6) is 0 Å². The molecule has 4 rings (SSSR count). The fourth-order valence-corrected chi connectivity index (χ4v) is 6.26. The molecule has 10 heteroatoms. The van der Waals surface area contributed by atoms with Crippen molar-refractivity contribution in [2.45, 2.75) is 35.7 Å². The van der Waals surface area contributed by atoms with Crippen LogP contribution in [0, 0.1) is 0 Å². The Kier molecular flexibility index (Phi) is 6.92. The van der Waals surface area contributed by atoms with Gasteiger partial charge in [-0.3, -0.25) is 4.79 Å². The van der Waals surface area contributed by atoms with Gasteiger partial charge in [-0.15, -0.1) is 0 Å². The zero-order valence-corrected chi connectivity index (χ0v) is 20.2. The first-order valence-corrected chi connectivity index (χ1v) is 13.1. The number of ether oxygens (including phenoxy) is 1. The number of nitrogens with zero attached hydrogens (tertiary/aromatic N) is 3. The van der Waals surface area contributed by atoms with Gasteiger partial charge in [0, 0.05) is 30.2 Å². The van der Waals surface area contributed by atoms with Gasteiger partial charge in [-0.2, -0.15) is 4.31 Å². The quantitative estimate of drug-likeness (QED) is 0.364. The highest BCUT2D eigenvalue weighted by molar-refractivity contribution is 8.00. The first-order valence-electron chi connectivity index (χ1n) is 10.4. The molecule has 1 unspecified atom stereocenters. The molecule has 1 aromatic heterocycles. The number of morpholine rings is 1. The van der Waals surface area contributed by atoms with Gasteiger partial charge in [0.25, 0.3) is 0 Å². The molecule has 0 aliphatic carbocycles. The van der Waals surface area contributed by atoms with Crippen molar-refractivity contribution in [3.05, 3.63) is 53.1 Å². The molecule has 170 valence electrons. The molecule has 1 atom stereocenters. The van der Waals surface area contributed by atoms with Crippen molar-refractivity contribution in [3.8, 4) is 0 Å². The van der Waals surface area contributed by atoms with Gasteiger partial charge in [0.05, 0.1) is 34.4 Å². The molecule has 0 saturated carbocycles. The summed E-state index contributed by atoms with van der Waals surface area (Å²) >= 11 is 7.28. The normalized spacial score (nSPS) is 16.3. The average Bonchev–Trinajstić information content (AvgIpc) is 3.15. The fourth-order valence-electron chi connectivity index (χ4n) is 3.64. The smallest absolute Gasteiger partial charge is 0.243 e. The number of halogens is 1. The first kappa shape index (κ1) is 23.3. The molecule has 0 bridgehead atoms. The molecule has 2 aromatic carbocycles. The fraction of sp³-hybridized carbons (Fsp3) is 0.364. The van der Waals surface area contributed by atoms with Crippen molar-refractivity contribution in [2.75, 3.05) is 26.3 Å². The highest BCUT2D eigenvalue weighted by Crippen LogP contribution is 2.31. The summed E-state index contributed by atoms with van der Waals surface area (Å²) in [5.74, 6) is -0.0167. The van der Waals surface area contributed by atoms with Crippen LogP contribution in [0.3, 0.4) is 0 Å². The van der Waals surface area contributed by atoms with Crippen LogP contribution in [-0.4, -0.2) is 59.6 Å². The number of aryl methyl sites for hydroxylation is 1. The number of ketones is 1. The lowest BCUT2D eigenvalue weighted by Crippen LogP contribution is -2.40.